The molecule has 0 aromatic heterocycles. The molecule has 2 bridgehead atoms. The summed E-state index contributed by atoms with van der Waals surface area (Å²) >= 11 is 0. The molecule has 2 saturated heterocycles. The molecule has 0 aliphatic carbocycles. The number of hydrogen-bond acceptors (Lipinski definition) is 4. The Bertz CT molecular complexity index is 743. The smallest absolute Gasteiger partial charge is 0.239 e. The first-order chi connectivity index (χ1) is 12.5. The molecule has 6 nitrogen and oxygen atoms in total. The molecule has 3 heterocycles. The summed E-state index contributed by atoms with van der Waals surface area (Å²) < 4.78 is 11.6. The minimum atomic E-state index is -0.758. The Balaban J connectivity index is 1.76. The van der Waals surface area contributed by atoms with E-state index in [1.54, 1.807) is 15.9 Å². The van der Waals surface area contributed by atoms with Crippen LogP contribution in [0.4, 0.5) is 0 Å². The molecule has 0 N–H and O–H groups in total. The maximum absolute atomic E-state index is 13.3. The van der Waals surface area contributed by atoms with Gasteiger partial charge in [0.15, 0.2) is 5.72 Å². The predicted molar refractivity (Wildman–Crippen MR) is 95.6 cm³/mol. The molecule has 1 aromatic carbocycles. The Morgan fingerprint density at radius 1 is 1.35 bits per heavy atom. The minimum Gasteiger partial charge on any atom is -0.468 e. The van der Waals surface area contributed by atoms with Crippen molar-refractivity contribution < 1.29 is 19.1 Å². The fourth-order valence-electron chi connectivity index (χ4n) is 4.38. The van der Waals surface area contributed by atoms with Gasteiger partial charge in [-0.1, -0.05) is 24.3 Å². The van der Waals surface area contributed by atoms with E-state index in [-0.39, 0.29) is 17.7 Å². The van der Waals surface area contributed by atoms with E-state index in [1.807, 2.05) is 31.2 Å². The molecule has 2 amide bonds. The van der Waals surface area contributed by atoms with E-state index in [1.165, 1.54) is 0 Å². The second-order valence-electron chi connectivity index (χ2n) is 7.28. The van der Waals surface area contributed by atoms with Crippen molar-refractivity contribution in [2.24, 2.45) is 5.92 Å². The number of hydrogen-bond donors (Lipinski definition) is 0. The van der Waals surface area contributed by atoms with Gasteiger partial charge in [0.2, 0.25) is 11.8 Å². The Kier molecular flexibility index (Phi) is 4.23. The lowest BCUT2D eigenvalue weighted by molar-refractivity contribution is -0.177. The van der Waals surface area contributed by atoms with E-state index in [2.05, 4.69) is 6.58 Å². The quantitative estimate of drug-likeness (QED) is 0.612. The summed E-state index contributed by atoms with van der Waals surface area (Å²) in [4.78, 5) is 30.1. The van der Waals surface area contributed by atoms with Gasteiger partial charge in [0.1, 0.15) is 11.7 Å². The summed E-state index contributed by atoms with van der Waals surface area (Å²) in [5, 5.41) is 0. The third-order valence-corrected chi connectivity index (χ3v) is 5.65. The van der Waals surface area contributed by atoms with Crippen molar-refractivity contribution in [1.82, 2.24) is 9.80 Å². The number of nitrogens with zero attached hydrogens (tertiary/aromatic N) is 2. The van der Waals surface area contributed by atoms with Crippen molar-refractivity contribution in [2.45, 2.75) is 25.0 Å². The number of piperidine rings is 1. The Hall–Kier alpha value is -2.34. The van der Waals surface area contributed by atoms with Gasteiger partial charge >= 0.3 is 0 Å². The van der Waals surface area contributed by atoms with Gasteiger partial charge in [0, 0.05) is 32.0 Å². The number of likely N-dealkylation sites (tertiary alicyclic amines) is 1. The van der Waals surface area contributed by atoms with E-state index in [9.17, 15) is 9.59 Å². The van der Waals surface area contributed by atoms with Crippen molar-refractivity contribution in [3.63, 3.8) is 0 Å². The molecular weight excluding hydrogens is 332 g/mol. The van der Waals surface area contributed by atoms with Gasteiger partial charge in [-0.2, -0.15) is 0 Å². The van der Waals surface area contributed by atoms with Crippen LogP contribution in [0.25, 0.3) is 0 Å². The molecule has 3 atom stereocenters. The number of carbonyl (C=O) groups excluding carboxylic acids is 2. The molecule has 0 radical (unpaired) electrons. The Morgan fingerprint density at radius 3 is 2.81 bits per heavy atom. The van der Waals surface area contributed by atoms with Crippen molar-refractivity contribution in [2.75, 3.05) is 32.8 Å². The largest absolute Gasteiger partial charge is 0.468 e. The first-order valence-electron chi connectivity index (χ1n) is 9.12. The van der Waals surface area contributed by atoms with Crippen LogP contribution >= 0.6 is 0 Å². The van der Waals surface area contributed by atoms with Crippen LogP contribution in [0.1, 0.15) is 24.8 Å². The molecule has 1 aromatic rings. The number of fused-ring (bicyclic) bond motifs is 4. The average molecular weight is 356 g/mol. The van der Waals surface area contributed by atoms with Crippen molar-refractivity contribution in [1.29, 1.82) is 0 Å². The number of morpholine rings is 1. The predicted octanol–water partition coefficient (Wildman–Crippen LogP) is 1.77. The van der Waals surface area contributed by atoms with Gasteiger partial charge in [-0.3, -0.25) is 9.59 Å². The van der Waals surface area contributed by atoms with Gasteiger partial charge in [-0.15, -0.1) is 6.58 Å². The van der Waals surface area contributed by atoms with Crippen LogP contribution in [-0.2, 0) is 14.3 Å². The number of benzene rings is 1. The highest BCUT2D eigenvalue weighted by molar-refractivity contribution is 6.02. The highest BCUT2D eigenvalue weighted by Crippen LogP contribution is 2.50. The Morgan fingerprint density at radius 2 is 2.08 bits per heavy atom. The molecule has 2 fully saturated rings. The van der Waals surface area contributed by atoms with E-state index in [0.717, 1.165) is 11.3 Å². The number of rotatable bonds is 3. The lowest BCUT2D eigenvalue weighted by Crippen LogP contribution is -2.65. The normalized spacial score (nSPS) is 30.4. The number of carbonyl (C=O) groups is 2. The molecule has 0 spiro atoms. The van der Waals surface area contributed by atoms with Crippen molar-refractivity contribution in [3.05, 3.63) is 42.5 Å². The average Bonchev–Trinajstić information content (AvgIpc) is 2.65. The highest BCUT2D eigenvalue weighted by Gasteiger charge is 2.56. The minimum absolute atomic E-state index is 0.101. The zero-order chi connectivity index (χ0) is 18.3. The standard InChI is InChI=1S/C20H24N2O4/c1-3-8-22-19(24)17(18(23)21-9-11-25-12-10-21)15-13-20(22,2)26-16-7-5-4-6-14(15)16/h3-7,15,17H,1,8-13H2,2H3. The maximum Gasteiger partial charge on any atom is 0.239 e. The van der Waals surface area contributed by atoms with Crippen LogP contribution in [0.3, 0.4) is 0 Å². The molecule has 3 aliphatic rings. The molecule has 0 saturated carbocycles. The summed E-state index contributed by atoms with van der Waals surface area (Å²) in [6.45, 7) is 8.16. The first kappa shape index (κ1) is 17.1. The lowest BCUT2D eigenvalue weighted by atomic mass is 9.73. The zero-order valence-electron chi connectivity index (χ0n) is 15.0. The summed E-state index contributed by atoms with van der Waals surface area (Å²) in [5.41, 5.74) is 0.190. The third-order valence-electron chi connectivity index (χ3n) is 5.65. The third kappa shape index (κ3) is 2.60. The summed E-state index contributed by atoms with van der Waals surface area (Å²) in [6, 6.07) is 7.73. The molecule has 3 aliphatic heterocycles. The number of amides is 2. The second-order valence-corrected chi connectivity index (χ2v) is 7.28. The van der Waals surface area contributed by atoms with Crippen LogP contribution in [0, 0.1) is 5.92 Å². The summed E-state index contributed by atoms with van der Waals surface area (Å²) in [5.74, 6) is -0.404. The zero-order valence-corrected chi connectivity index (χ0v) is 15.0. The number of ether oxygens (including phenoxy) is 2. The van der Waals surface area contributed by atoms with Gasteiger partial charge in [-0.05, 0) is 18.6 Å². The fraction of sp³-hybridized carbons (Fsp3) is 0.500. The second kappa shape index (κ2) is 6.43. The SMILES string of the molecule is C=CCN1C(=O)C(C(=O)N2CCOCC2)C2CC1(C)Oc1ccccc12. The van der Waals surface area contributed by atoms with Gasteiger partial charge < -0.3 is 19.3 Å². The lowest BCUT2D eigenvalue weighted by Gasteiger charge is -2.53. The van der Waals surface area contributed by atoms with Crippen LogP contribution in [-0.4, -0.2) is 60.2 Å². The molecule has 4 rings (SSSR count). The highest BCUT2D eigenvalue weighted by atomic mass is 16.5. The molecule has 138 valence electrons. The van der Waals surface area contributed by atoms with Crippen molar-refractivity contribution >= 4 is 11.8 Å². The van der Waals surface area contributed by atoms with Crippen LogP contribution in [0.2, 0.25) is 0 Å². The van der Waals surface area contributed by atoms with Crippen LogP contribution < -0.4 is 4.74 Å². The van der Waals surface area contributed by atoms with E-state index in [0.29, 0.717) is 39.3 Å². The van der Waals surface area contributed by atoms with Gasteiger partial charge in [0.25, 0.3) is 0 Å². The maximum atomic E-state index is 13.3. The number of para-hydroxylation sites is 1. The fourth-order valence-corrected chi connectivity index (χ4v) is 4.38. The Labute approximate surface area is 153 Å². The molecule has 26 heavy (non-hydrogen) atoms. The van der Waals surface area contributed by atoms with Gasteiger partial charge in [-0.25, -0.2) is 0 Å². The summed E-state index contributed by atoms with van der Waals surface area (Å²) in [6.07, 6.45) is 2.29. The first-order valence-corrected chi connectivity index (χ1v) is 9.12. The van der Waals surface area contributed by atoms with E-state index in [4.69, 9.17) is 9.47 Å². The van der Waals surface area contributed by atoms with Crippen LogP contribution in [0.5, 0.6) is 5.75 Å². The van der Waals surface area contributed by atoms with Crippen molar-refractivity contribution in [3.8, 4) is 5.75 Å². The summed E-state index contributed by atoms with van der Waals surface area (Å²) in [7, 11) is 0. The van der Waals surface area contributed by atoms with E-state index < -0.39 is 11.6 Å². The topological polar surface area (TPSA) is 59.1 Å². The monoisotopic (exact) mass is 356 g/mol. The van der Waals surface area contributed by atoms with E-state index >= 15 is 0 Å². The molecule has 3 unspecified atom stereocenters. The molecular formula is C20H24N2O4. The van der Waals surface area contributed by atoms with Crippen LogP contribution in [0.15, 0.2) is 36.9 Å². The molecule has 6 heteroatoms. The van der Waals surface area contributed by atoms with Gasteiger partial charge in [0.05, 0.1) is 13.2 Å².